The number of aliphatic hydroxyl groups excluding tert-OH is 2. The predicted molar refractivity (Wildman–Crippen MR) is 89.5 cm³/mol. The molecule has 5 atom stereocenters. The van der Waals surface area contributed by atoms with Crippen LogP contribution in [0.4, 0.5) is 0 Å². The topological polar surface area (TPSA) is 60.7 Å². The molecule has 1 aromatic rings. The van der Waals surface area contributed by atoms with Crippen LogP contribution in [0.1, 0.15) is 61.6 Å². The minimum absolute atomic E-state index is 0.0883. The second kappa shape index (κ2) is 5.49. The van der Waals surface area contributed by atoms with E-state index in [2.05, 4.69) is 13.0 Å². The van der Waals surface area contributed by atoms with Crippen molar-refractivity contribution < 1.29 is 15.3 Å². The number of benzene rings is 1. The Morgan fingerprint density at radius 3 is 2.78 bits per heavy atom. The average molecular weight is 316 g/mol. The number of aliphatic hydroxyl groups is 2. The summed E-state index contributed by atoms with van der Waals surface area (Å²) in [6.07, 6.45) is 6.96. The van der Waals surface area contributed by atoms with Crippen LogP contribution >= 0.6 is 0 Å². The highest BCUT2D eigenvalue weighted by Gasteiger charge is 2.54. The Labute approximate surface area is 138 Å². The van der Waals surface area contributed by atoms with Gasteiger partial charge in [-0.05, 0) is 90.9 Å². The van der Waals surface area contributed by atoms with Gasteiger partial charge in [0.05, 0.1) is 6.10 Å². The molecule has 0 amide bonds. The van der Waals surface area contributed by atoms with Gasteiger partial charge < -0.3 is 15.3 Å². The molecule has 0 aromatic heterocycles. The molecule has 3 nitrogen and oxygen atoms in total. The molecule has 0 unspecified atom stereocenters. The molecule has 126 valence electrons. The summed E-state index contributed by atoms with van der Waals surface area (Å²) >= 11 is 0. The van der Waals surface area contributed by atoms with Crippen molar-refractivity contribution in [3.8, 4) is 5.75 Å². The van der Waals surface area contributed by atoms with Crippen molar-refractivity contribution in [2.24, 2.45) is 17.3 Å². The van der Waals surface area contributed by atoms with Gasteiger partial charge in [0.1, 0.15) is 5.75 Å². The molecule has 0 aliphatic heterocycles. The molecule has 3 aliphatic carbocycles. The zero-order valence-corrected chi connectivity index (χ0v) is 14.0. The normalized spacial score (nSPS) is 38.7. The summed E-state index contributed by atoms with van der Waals surface area (Å²) in [5, 5.41) is 30.0. The van der Waals surface area contributed by atoms with Gasteiger partial charge in [-0.15, -0.1) is 0 Å². The minimum Gasteiger partial charge on any atom is -0.508 e. The Morgan fingerprint density at radius 2 is 2.00 bits per heavy atom. The first-order valence-electron chi connectivity index (χ1n) is 9.19. The van der Waals surface area contributed by atoms with Crippen LogP contribution in [-0.2, 0) is 12.8 Å². The lowest BCUT2D eigenvalue weighted by molar-refractivity contribution is -0.0226. The second-order valence-corrected chi connectivity index (χ2v) is 8.16. The zero-order chi connectivity index (χ0) is 16.2. The maximum absolute atomic E-state index is 10.5. The summed E-state index contributed by atoms with van der Waals surface area (Å²) < 4.78 is 0. The van der Waals surface area contributed by atoms with Crippen LogP contribution in [0.2, 0.25) is 0 Å². The maximum Gasteiger partial charge on any atom is 0.119 e. The monoisotopic (exact) mass is 316 g/mol. The molecule has 3 N–H and O–H groups in total. The molecule has 2 saturated carbocycles. The number of hydrogen-bond donors (Lipinski definition) is 3. The molecule has 0 saturated heterocycles. The van der Waals surface area contributed by atoms with Crippen LogP contribution in [0.5, 0.6) is 5.75 Å². The van der Waals surface area contributed by atoms with E-state index in [9.17, 15) is 15.3 Å². The highest BCUT2D eigenvalue weighted by Crippen LogP contribution is 2.61. The Kier molecular flexibility index (Phi) is 3.69. The number of hydrogen-bond acceptors (Lipinski definition) is 3. The lowest BCUT2D eigenvalue weighted by Gasteiger charge is -2.50. The van der Waals surface area contributed by atoms with E-state index in [1.165, 1.54) is 11.1 Å². The molecule has 0 spiro atoms. The molecule has 1 aromatic carbocycles. The van der Waals surface area contributed by atoms with Gasteiger partial charge in [-0.2, -0.15) is 0 Å². The summed E-state index contributed by atoms with van der Waals surface area (Å²) in [7, 11) is 0. The molecule has 0 radical (unpaired) electrons. The Hall–Kier alpha value is -1.06. The first-order chi connectivity index (χ1) is 11.1. The fourth-order valence-corrected chi connectivity index (χ4v) is 6.09. The summed E-state index contributed by atoms with van der Waals surface area (Å²) in [5.74, 6) is 2.22. The number of rotatable bonds is 2. The van der Waals surface area contributed by atoms with Crippen LogP contribution in [0.15, 0.2) is 12.1 Å². The number of phenols is 1. The third-order valence-electron chi connectivity index (χ3n) is 7.32. The van der Waals surface area contributed by atoms with Crippen LogP contribution in [-0.4, -0.2) is 28.0 Å². The highest BCUT2D eigenvalue weighted by atomic mass is 16.3. The summed E-state index contributed by atoms with van der Waals surface area (Å²) in [6.45, 7) is 2.39. The smallest absolute Gasteiger partial charge is 0.119 e. The Bertz CT molecular complexity index is 611. The SMILES string of the molecule is C[C@]12CC[C@@H]3c4ccc(O)c(CCO)c4CC[C@H]3[C@@H]1CC[C@@H]2O. The van der Waals surface area contributed by atoms with Gasteiger partial charge in [0.25, 0.3) is 0 Å². The largest absolute Gasteiger partial charge is 0.508 e. The first kappa shape index (κ1) is 15.5. The number of aromatic hydroxyl groups is 1. The summed E-state index contributed by atoms with van der Waals surface area (Å²) in [4.78, 5) is 0. The van der Waals surface area contributed by atoms with Crippen molar-refractivity contribution in [2.45, 2.75) is 63.9 Å². The third-order valence-corrected chi connectivity index (χ3v) is 7.32. The Balaban J connectivity index is 1.71. The van der Waals surface area contributed by atoms with Crippen molar-refractivity contribution in [3.63, 3.8) is 0 Å². The van der Waals surface area contributed by atoms with Crippen molar-refractivity contribution in [2.75, 3.05) is 6.61 Å². The van der Waals surface area contributed by atoms with Crippen molar-refractivity contribution >= 4 is 0 Å². The van der Waals surface area contributed by atoms with E-state index < -0.39 is 0 Å². The Morgan fingerprint density at radius 1 is 1.17 bits per heavy atom. The lowest BCUT2D eigenvalue weighted by Crippen LogP contribution is -2.44. The van der Waals surface area contributed by atoms with Crippen molar-refractivity contribution in [1.29, 1.82) is 0 Å². The quantitative estimate of drug-likeness (QED) is 0.785. The molecular weight excluding hydrogens is 288 g/mol. The van der Waals surface area contributed by atoms with Gasteiger partial charge in [0.2, 0.25) is 0 Å². The molecule has 23 heavy (non-hydrogen) atoms. The molecule has 3 heteroatoms. The van der Waals surface area contributed by atoms with Gasteiger partial charge >= 0.3 is 0 Å². The van der Waals surface area contributed by atoms with E-state index in [0.717, 1.165) is 44.1 Å². The van der Waals surface area contributed by atoms with Gasteiger partial charge in [0, 0.05) is 6.61 Å². The molecular formula is C20H28O3. The summed E-state index contributed by atoms with van der Waals surface area (Å²) in [6, 6.07) is 3.94. The molecule has 0 heterocycles. The number of phenolic OH excluding ortho intramolecular Hbond substituents is 1. The van der Waals surface area contributed by atoms with E-state index in [4.69, 9.17) is 0 Å². The predicted octanol–water partition coefficient (Wildman–Crippen LogP) is 3.14. The van der Waals surface area contributed by atoms with Crippen LogP contribution in [0.3, 0.4) is 0 Å². The van der Waals surface area contributed by atoms with Crippen molar-refractivity contribution in [3.05, 3.63) is 28.8 Å². The third kappa shape index (κ3) is 2.16. The first-order valence-corrected chi connectivity index (χ1v) is 9.19. The standard InChI is InChI=1S/C20H28O3/c1-20-10-8-14-12-4-6-18(22)16(9-11-21)13(12)2-3-15(14)17(20)5-7-19(20)23/h4,6,14-15,17,19,21-23H,2-3,5,7-11H2,1H3/t14-,15-,17+,19+,20+/m1/s1. The van der Waals surface area contributed by atoms with E-state index in [-0.39, 0.29) is 18.1 Å². The van der Waals surface area contributed by atoms with E-state index in [1.807, 2.05) is 6.07 Å². The molecule has 4 rings (SSSR count). The molecule has 2 fully saturated rings. The van der Waals surface area contributed by atoms with Gasteiger partial charge in [-0.1, -0.05) is 13.0 Å². The fourth-order valence-electron chi connectivity index (χ4n) is 6.09. The minimum atomic E-state index is -0.125. The number of fused-ring (bicyclic) bond motifs is 5. The lowest BCUT2D eigenvalue weighted by atomic mass is 9.55. The van der Waals surface area contributed by atoms with Crippen LogP contribution < -0.4 is 0 Å². The van der Waals surface area contributed by atoms with E-state index in [1.54, 1.807) is 0 Å². The highest BCUT2D eigenvalue weighted by molar-refractivity contribution is 5.48. The van der Waals surface area contributed by atoms with Crippen LogP contribution in [0.25, 0.3) is 0 Å². The maximum atomic E-state index is 10.5. The van der Waals surface area contributed by atoms with E-state index in [0.29, 0.717) is 29.9 Å². The average Bonchev–Trinajstić information content (AvgIpc) is 2.85. The summed E-state index contributed by atoms with van der Waals surface area (Å²) in [5.41, 5.74) is 3.78. The fraction of sp³-hybridized carbons (Fsp3) is 0.700. The van der Waals surface area contributed by atoms with Gasteiger partial charge in [-0.3, -0.25) is 0 Å². The van der Waals surface area contributed by atoms with Crippen molar-refractivity contribution in [1.82, 2.24) is 0 Å². The second-order valence-electron chi connectivity index (χ2n) is 8.16. The van der Waals surface area contributed by atoms with E-state index >= 15 is 0 Å². The molecule has 0 bridgehead atoms. The molecule has 3 aliphatic rings. The van der Waals surface area contributed by atoms with Gasteiger partial charge in [-0.25, -0.2) is 0 Å². The van der Waals surface area contributed by atoms with Crippen LogP contribution in [0, 0.1) is 17.3 Å². The van der Waals surface area contributed by atoms with Gasteiger partial charge in [0.15, 0.2) is 0 Å². The zero-order valence-electron chi connectivity index (χ0n) is 14.0.